The van der Waals surface area contributed by atoms with Crippen LogP contribution in [0.3, 0.4) is 0 Å². The maximum atomic E-state index is 12.2. The number of aromatic amines is 1. The van der Waals surface area contributed by atoms with Gasteiger partial charge in [0.2, 0.25) is 0 Å². The predicted molar refractivity (Wildman–Crippen MR) is 76.7 cm³/mol. The van der Waals surface area contributed by atoms with Gasteiger partial charge in [-0.1, -0.05) is 0 Å². The fourth-order valence-corrected chi connectivity index (χ4v) is 3.31. The van der Waals surface area contributed by atoms with Crippen LogP contribution in [-0.2, 0) is 11.8 Å². The van der Waals surface area contributed by atoms with E-state index >= 15 is 0 Å². The van der Waals surface area contributed by atoms with Gasteiger partial charge in [-0.15, -0.1) is 0 Å². The second kappa shape index (κ2) is 5.76. The number of rotatable bonds is 3. The minimum atomic E-state index is -1.36. The molecule has 1 aromatic heterocycles. The van der Waals surface area contributed by atoms with E-state index in [-0.39, 0.29) is 5.56 Å². The molecule has 0 atom stereocenters. The first-order valence-corrected chi connectivity index (χ1v) is 7.45. The van der Waals surface area contributed by atoms with Gasteiger partial charge in [0.1, 0.15) is 11.1 Å². The molecule has 9 heteroatoms. The number of carbonyl (C=O) groups is 2. The zero-order valence-corrected chi connectivity index (χ0v) is 12.2. The zero-order chi connectivity index (χ0) is 15.6. The summed E-state index contributed by atoms with van der Waals surface area (Å²) in [5.41, 5.74) is -3.04. The van der Waals surface area contributed by atoms with Crippen molar-refractivity contribution in [3.8, 4) is 0 Å². The van der Waals surface area contributed by atoms with Crippen molar-refractivity contribution < 1.29 is 14.7 Å². The van der Waals surface area contributed by atoms with Crippen molar-refractivity contribution in [3.05, 3.63) is 32.6 Å². The predicted octanol–water partition coefficient (Wildman–Crippen LogP) is -0.846. The molecule has 0 unspecified atom stereocenters. The third-order valence-corrected chi connectivity index (χ3v) is 4.52. The van der Waals surface area contributed by atoms with Crippen LogP contribution in [-0.4, -0.2) is 43.6 Å². The topological polar surface area (TPSA) is 121 Å². The Bertz CT molecular complexity index is 687. The second-order valence-corrected chi connectivity index (χ2v) is 6.05. The summed E-state index contributed by atoms with van der Waals surface area (Å²) < 4.78 is 0.763. The summed E-state index contributed by atoms with van der Waals surface area (Å²) in [6.07, 6.45) is 1.60. The van der Waals surface area contributed by atoms with Crippen LogP contribution >= 0.6 is 11.8 Å². The van der Waals surface area contributed by atoms with Crippen LogP contribution in [0.25, 0.3) is 0 Å². The minimum Gasteiger partial charge on any atom is -0.480 e. The summed E-state index contributed by atoms with van der Waals surface area (Å²) in [5.74, 6) is -0.662. The molecule has 1 saturated heterocycles. The van der Waals surface area contributed by atoms with E-state index in [1.165, 1.54) is 7.05 Å². The van der Waals surface area contributed by atoms with E-state index in [9.17, 15) is 24.3 Å². The summed E-state index contributed by atoms with van der Waals surface area (Å²) >= 11 is 1.62. The van der Waals surface area contributed by atoms with Crippen LogP contribution in [0.1, 0.15) is 23.2 Å². The van der Waals surface area contributed by atoms with Gasteiger partial charge >= 0.3 is 11.7 Å². The Morgan fingerprint density at radius 2 is 2.00 bits per heavy atom. The Labute approximate surface area is 123 Å². The quantitative estimate of drug-likeness (QED) is 0.668. The van der Waals surface area contributed by atoms with Crippen LogP contribution in [0.4, 0.5) is 0 Å². The molecule has 1 aliphatic rings. The number of carboxylic acid groups (broad SMARTS) is 1. The molecule has 0 spiro atoms. The van der Waals surface area contributed by atoms with Crippen LogP contribution in [0.15, 0.2) is 15.8 Å². The molecule has 1 amide bonds. The van der Waals surface area contributed by atoms with Crippen LogP contribution < -0.4 is 16.6 Å². The number of H-pyrrole nitrogens is 1. The molecule has 2 heterocycles. The van der Waals surface area contributed by atoms with Crippen molar-refractivity contribution in [1.29, 1.82) is 0 Å². The van der Waals surface area contributed by atoms with Crippen LogP contribution in [0.2, 0.25) is 0 Å². The lowest BCUT2D eigenvalue weighted by atomic mass is 9.92. The van der Waals surface area contributed by atoms with Crippen molar-refractivity contribution in [2.24, 2.45) is 7.05 Å². The SMILES string of the molecule is Cn1c(=O)[nH]cc(C(=O)NC2(C(=O)O)CCSCC2)c1=O. The highest BCUT2D eigenvalue weighted by Gasteiger charge is 2.41. The number of amides is 1. The molecule has 8 nitrogen and oxygen atoms in total. The Hall–Kier alpha value is -2.03. The van der Waals surface area contributed by atoms with E-state index in [1.807, 2.05) is 0 Å². The molecule has 0 saturated carbocycles. The molecular formula is C12H15N3O5S. The Balaban J connectivity index is 2.32. The number of nitrogens with zero attached hydrogens (tertiary/aromatic N) is 1. The van der Waals surface area contributed by atoms with Crippen LogP contribution in [0, 0.1) is 0 Å². The van der Waals surface area contributed by atoms with Gasteiger partial charge in [0.05, 0.1) is 0 Å². The van der Waals surface area contributed by atoms with E-state index in [0.29, 0.717) is 24.3 Å². The summed E-state index contributed by atoms with van der Waals surface area (Å²) in [6.45, 7) is 0. The van der Waals surface area contributed by atoms with Gasteiger partial charge in [-0.2, -0.15) is 11.8 Å². The lowest BCUT2D eigenvalue weighted by Gasteiger charge is -2.33. The van der Waals surface area contributed by atoms with Crippen LogP contribution in [0.5, 0.6) is 0 Å². The Kier molecular flexibility index (Phi) is 4.21. The van der Waals surface area contributed by atoms with Gasteiger partial charge in [-0.05, 0) is 24.3 Å². The molecule has 1 aliphatic heterocycles. The first-order chi connectivity index (χ1) is 9.87. The van der Waals surface area contributed by atoms with Crippen molar-refractivity contribution >= 4 is 23.6 Å². The molecule has 2 rings (SSSR count). The minimum absolute atomic E-state index is 0.282. The van der Waals surface area contributed by atoms with E-state index < -0.39 is 28.7 Å². The fraction of sp³-hybridized carbons (Fsp3) is 0.500. The third kappa shape index (κ3) is 2.87. The first kappa shape index (κ1) is 15.4. The number of carboxylic acids is 1. The number of nitrogens with one attached hydrogen (secondary N) is 2. The van der Waals surface area contributed by atoms with E-state index in [0.717, 1.165) is 10.8 Å². The number of hydrogen-bond donors (Lipinski definition) is 3. The smallest absolute Gasteiger partial charge is 0.329 e. The van der Waals surface area contributed by atoms with E-state index in [4.69, 9.17) is 0 Å². The summed E-state index contributed by atoms with van der Waals surface area (Å²) in [5, 5.41) is 11.8. The maximum absolute atomic E-state index is 12.2. The lowest BCUT2D eigenvalue weighted by molar-refractivity contribution is -0.144. The Morgan fingerprint density at radius 3 is 2.57 bits per heavy atom. The number of aromatic nitrogens is 2. The molecule has 0 aromatic carbocycles. The Morgan fingerprint density at radius 1 is 1.38 bits per heavy atom. The molecule has 0 aliphatic carbocycles. The van der Waals surface area contributed by atoms with Gasteiger partial charge in [-0.25, -0.2) is 9.59 Å². The van der Waals surface area contributed by atoms with Gasteiger partial charge in [0, 0.05) is 13.2 Å². The highest BCUT2D eigenvalue weighted by molar-refractivity contribution is 7.99. The van der Waals surface area contributed by atoms with E-state index in [2.05, 4.69) is 10.3 Å². The standard InChI is InChI=1S/C12H15N3O5S/c1-15-9(17)7(6-13-11(15)20)8(16)14-12(10(18)19)2-4-21-5-3-12/h6H,2-5H2,1H3,(H,13,20)(H,14,16)(H,18,19). The zero-order valence-electron chi connectivity index (χ0n) is 11.3. The molecule has 3 N–H and O–H groups in total. The van der Waals surface area contributed by atoms with E-state index in [1.54, 1.807) is 11.8 Å². The highest BCUT2D eigenvalue weighted by atomic mass is 32.2. The average Bonchev–Trinajstić information content (AvgIpc) is 2.45. The first-order valence-electron chi connectivity index (χ1n) is 6.30. The molecule has 0 radical (unpaired) electrons. The van der Waals surface area contributed by atoms with Gasteiger partial charge in [0.15, 0.2) is 0 Å². The summed E-state index contributed by atoms with van der Waals surface area (Å²) in [4.78, 5) is 49.1. The average molecular weight is 313 g/mol. The molecule has 1 fully saturated rings. The van der Waals surface area contributed by atoms with Gasteiger partial charge in [0.25, 0.3) is 11.5 Å². The van der Waals surface area contributed by atoms with Gasteiger partial charge in [-0.3, -0.25) is 14.2 Å². The molecule has 114 valence electrons. The molecule has 21 heavy (non-hydrogen) atoms. The van der Waals surface area contributed by atoms with Crippen molar-refractivity contribution in [3.63, 3.8) is 0 Å². The number of carbonyl (C=O) groups excluding carboxylic acids is 1. The summed E-state index contributed by atoms with van der Waals surface area (Å²) in [6, 6.07) is 0. The van der Waals surface area contributed by atoms with Crippen molar-refractivity contribution in [1.82, 2.24) is 14.9 Å². The van der Waals surface area contributed by atoms with Crippen molar-refractivity contribution in [2.75, 3.05) is 11.5 Å². The molecule has 1 aromatic rings. The number of thioether (sulfide) groups is 1. The molecular weight excluding hydrogens is 298 g/mol. The fourth-order valence-electron chi connectivity index (χ4n) is 2.12. The highest BCUT2D eigenvalue weighted by Crippen LogP contribution is 2.27. The lowest BCUT2D eigenvalue weighted by Crippen LogP contribution is -2.57. The largest absolute Gasteiger partial charge is 0.480 e. The number of aliphatic carboxylic acids is 1. The normalized spacial score (nSPS) is 17.2. The van der Waals surface area contributed by atoms with Gasteiger partial charge < -0.3 is 15.4 Å². The third-order valence-electron chi connectivity index (χ3n) is 3.53. The van der Waals surface area contributed by atoms with Crippen molar-refractivity contribution in [2.45, 2.75) is 18.4 Å². The molecule has 0 bridgehead atoms. The monoisotopic (exact) mass is 313 g/mol. The maximum Gasteiger partial charge on any atom is 0.329 e. The summed E-state index contributed by atoms with van der Waals surface area (Å²) in [7, 11) is 1.24. The number of hydrogen-bond acceptors (Lipinski definition) is 5. The second-order valence-electron chi connectivity index (χ2n) is 4.83.